The summed E-state index contributed by atoms with van der Waals surface area (Å²) >= 11 is 0. The van der Waals surface area contributed by atoms with E-state index in [9.17, 15) is 9.59 Å². The third-order valence-electron chi connectivity index (χ3n) is 5.98. The first-order valence-corrected chi connectivity index (χ1v) is 11.1. The maximum absolute atomic E-state index is 13.6. The zero-order chi connectivity index (χ0) is 22.8. The number of anilines is 1. The summed E-state index contributed by atoms with van der Waals surface area (Å²) in [6.45, 7) is 6.35. The standard InChI is InChI=1S/C23H31N7O2/c1-16(2)8-12-29-19-20(26-22(29)28-11-5-7-18(24)15-28)27(3)23(32)30(21(19)31)13-9-17-6-4-10-25-14-17/h4,6,8,10,14,18H,5,7,9,11-13,15,24H2,1-3H3. The van der Waals surface area contributed by atoms with Gasteiger partial charge in [0.25, 0.3) is 5.56 Å². The van der Waals surface area contributed by atoms with Gasteiger partial charge >= 0.3 is 5.69 Å². The summed E-state index contributed by atoms with van der Waals surface area (Å²) in [5, 5.41) is 0. The van der Waals surface area contributed by atoms with Gasteiger partial charge in [-0.25, -0.2) is 4.79 Å². The van der Waals surface area contributed by atoms with Crippen molar-refractivity contribution in [2.45, 2.75) is 52.2 Å². The van der Waals surface area contributed by atoms with E-state index in [1.165, 1.54) is 9.13 Å². The van der Waals surface area contributed by atoms with Crippen LogP contribution in [0.1, 0.15) is 32.3 Å². The molecule has 0 spiro atoms. The lowest BCUT2D eigenvalue weighted by atomic mass is 10.1. The van der Waals surface area contributed by atoms with Gasteiger partial charge in [0, 0.05) is 51.7 Å². The molecule has 9 nitrogen and oxygen atoms in total. The summed E-state index contributed by atoms with van der Waals surface area (Å²) < 4.78 is 4.72. The van der Waals surface area contributed by atoms with Crippen LogP contribution in [0, 0.1) is 0 Å². The number of piperidine rings is 1. The number of hydrogen-bond donors (Lipinski definition) is 1. The fraction of sp³-hybridized carbons (Fsp3) is 0.478. The van der Waals surface area contributed by atoms with Gasteiger partial charge in [-0.05, 0) is 44.7 Å². The number of pyridine rings is 1. The molecule has 1 atom stereocenters. The molecule has 1 aliphatic heterocycles. The molecule has 3 aromatic rings. The Balaban J connectivity index is 1.85. The number of fused-ring (bicyclic) bond motifs is 1. The minimum absolute atomic E-state index is 0.0698. The van der Waals surface area contributed by atoms with Crippen LogP contribution in [-0.2, 0) is 26.6 Å². The van der Waals surface area contributed by atoms with Crippen molar-refractivity contribution in [3.8, 4) is 0 Å². The lowest BCUT2D eigenvalue weighted by molar-refractivity contribution is 0.495. The Kier molecular flexibility index (Phi) is 6.27. The van der Waals surface area contributed by atoms with Gasteiger partial charge in [0.1, 0.15) is 0 Å². The topological polar surface area (TPSA) is 104 Å². The Morgan fingerprint density at radius 1 is 1.28 bits per heavy atom. The first kappa shape index (κ1) is 22.0. The van der Waals surface area contributed by atoms with E-state index in [1.54, 1.807) is 19.4 Å². The summed E-state index contributed by atoms with van der Waals surface area (Å²) in [6, 6.07) is 3.86. The average Bonchev–Trinajstić information content (AvgIpc) is 3.17. The predicted octanol–water partition coefficient (Wildman–Crippen LogP) is 1.43. The molecule has 0 aromatic carbocycles. The maximum atomic E-state index is 13.6. The smallest absolute Gasteiger partial charge is 0.332 e. The van der Waals surface area contributed by atoms with Crippen molar-refractivity contribution in [2.24, 2.45) is 12.8 Å². The number of allylic oxidation sites excluding steroid dienone is 2. The Morgan fingerprint density at radius 2 is 2.09 bits per heavy atom. The summed E-state index contributed by atoms with van der Waals surface area (Å²) in [5.74, 6) is 0.699. The summed E-state index contributed by atoms with van der Waals surface area (Å²) in [5.41, 5.74) is 8.53. The highest BCUT2D eigenvalue weighted by Gasteiger charge is 2.26. The van der Waals surface area contributed by atoms with Crippen molar-refractivity contribution in [3.05, 3.63) is 62.6 Å². The van der Waals surface area contributed by atoms with Crippen LogP contribution in [0.25, 0.3) is 11.2 Å². The van der Waals surface area contributed by atoms with E-state index < -0.39 is 0 Å². The second-order valence-corrected chi connectivity index (χ2v) is 8.73. The molecule has 3 aromatic heterocycles. The minimum atomic E-state index is -0.361. The van der Waals surface area contributed by atoms with Gasteiger partial charge < -0.3 is 15.2 Å². The monoisotopic (exact) mass is 437 g/mol. The van der Waals surface area contributed by atoms with E-state index in [0.29, 0.717) is 36.6 Å². The normalized spacial score (nSPS) is 16.5. The second-order valence-electron chi connectivity index (χ2n) is 8.73. The van der Waals surface area contributed by atoms with Crippen molar-refractivity contribution >= 4 is 17.1 Å². The summed E-state index contributed by atoms with van der Waals surface area (Å²) in [4.78, 5) is 37.6. The third-order valence-corrected chi connectivity index (χ3v) is 5.98. The lowest BCUT2D eigenvalue weighted by Gasteiger charge is -2.31. The number of hydrogen-bond acceptors (Lipinski definition) is 6. The van der Waals surface area contributed by atoms with Gasteiger partial charge in [0.2, 0.25) is 5.95 Å². The first-order chi connectivity index (χ1) is 15.4. The molecule has 9 heteroatoms. The Labute approximate surface area is 186 Å². The third kappa shape index (κ3) is 4.25. The molecule has 0 saturated carbocycles. The van der Waals surface area contributed by atoms with E-state index in [-0.39, 0.29) is 23.8 Å². The Bertz CT molecular complexity index is 1250. The molecule has 4 heterocycles. The molecule has 1 saturated heterocycles. The molecule has 1 aliphatic rings. The Morgan fingerprint density at radius 3 is 2.78 bits per heavy atom. The van der Waals surface area contributed by atoms with Crippen LogP contribution in [0.3, 0.4) is 0 Å². The molecule has 4 rings (SSSR count). The largest absolute Gasteiger partial charge is 0.341 e. The van der Waals surface area contributed by atoms with Crippen molar-refractivity contribution < 1.29 is 0 Å². The van der Waals surface area contributed by atoms with E-state index >= 15 is 0 Å². The van der Waals surface area contributed by atoms with E-state index in [2.05, 4.69) is 16.0 Å². The highest BCUT2D eigenvalue weighted by molar-refractivity contribution is 5.74. The molecule has 1 unspecified atom stereocenters. The number of nitrogens with two attached hydrogens (primary N) is 1. The van der Waals surface area contributed by atoms with E-state index in [4.69, 9.17) is 10.7 Å². The minimum Gasteiger partial charge on any atom is -0.341 e. The number of nitrogens with zero attached hydrogens (tertiary/aromatic N) is 6. The van der Waals surface area contributed by atoms with Gasteiger partial charge in [-0.1, -0.05) is 17.7 Å². The average molecular weight is 438 g/mol. The van der Waals surface area contributed by atoms with Crippen LogP contribution in [0.2, 0.25) is 0 Å². The van der Waals surface area contributed by atoms with Gasteiger partial charge in [0.15, 0.2) is 11.2 Å². The van der Waals surface area contributed by atoms with Gasteiger partial charge in [-0.3, -0.25) is 18.9 Å². The van der Waals surface area contributed by atoms with Crippen LogP contribution in [0.15, 0.2) is 45.8 Å². The van der Waals surface area contributed by atoms with Crippen molar-refractivity contribution in [1.82, 2.24) is 23.7 Å². The fourth-order valence-corrected chi connectivity index (χ4v) is 4.22. The molecule has 2 N–H and O–H groups in total. The predicted molar refractivity (Wildman–Crippen MR) is 126 cm³/mol. The highest BCUT2D eigenvalue weighted by Crippen LogP contribution is 2.23. The SMILES string of the molecule is CC(C)=CCn1c(N2CCCC(N)C2)nc2c1c(=O)n(CCc1cccnc1)c(=O)n2C. The van der Waals surface area contributed by atoms with Gasteiger partial charge in [-0.15, -0.1) is 0 Å². The molecule has 0 amide bonds. The van der Waals surface area contributed by atoms with Crippen LogP contribution in [0.5, 0.6) is 0 Å². The quantitative estimate of drug-likeness (QED) is 0.585. The number of imidazole rings is 1. The van der Waals surface area contributed by atoms with Gasteiger partial charge in [0.05, 0.1) is 0 Å². The number of aromatic nitrogens is 5. The molecule has 0 aliphatic carbocycles. The van der Waals surface area contributed by atoms with E-state index in [0.717, 1.165) is 30.5 Å². The lowest BCUT2D eigenvalue weighted by Crippen LogP contribution is -2.44. The van der Waals surface area contributed by atoms with Crippen LogP contribution < -0.4 is 21.9 Å². The first-order valence-electron chi connectivity index (χ1n) is 11.1. The fourth-order valence-electron chi connectivity index (χ4n) is 4.22. The molecule has 0 radical (unpaired) electrons. The molecule has 170 valence electrons. The molecule has 0 bridgehead atoms. The summed E-state index contributed by atoms with van der Waals surface area (Å²) in [7, 11) is 1.68. The zero-order valence-electron chi connectivity index (χ0n) is 19.0. The molecule has 1 fully saturated rings. The number of aryl methyl sites for hydroxylation is 2. The van der Waals surface area contributed by atoms with Crippen LogP contribution >= 0.6 is 0 Å². The summed E-state index contributed by atoms with van der Waals surface area (Å²) in [6.07, 6.45) is 8.02. The van der Waals surface area contributed by atoms with Crippen molar-refractivity contribution in [2.75, 3.05) is 18.0 Å². The molecule has 32 heavy (non-hydrogen) atoms. The zero-order valence-corrected chi connectivity index (χ0v) is 19.0. The van der Waals surface area contributed by atoms with Crippen molar-refractivity contribution in [1.29, 1.82) is 0 Å². The van der Waals surface area contributed by atoms with Crippen molar-refractivity contribution in [3.63, 3.8) is 0 Å². The maximum Gasteiger partial charge on any atom is 0.332 e. The van der Waals surface area contributed by atoms with Crippen LogP contribution in [0.4, 0.5) is 5.95 Å². The highest BCUT2D eigenvalue weighted by atomic mass is 16.2. The second kappa shape index (κ2) is 9.12. The molecular formula is C23H31N7O2. The van der Waals surface area contributed by atoms with E-state index in [1.807, 2.05) is 30.5 Å². The number of rotatable bonds is 6. The van der Waals surface area contributed by atoms with Gasteiger partial charge in [-0.2, -0.15) is 4.98 Å². The molecular weight excluding hydrogens is 406 g/mol. The Hall–Kier alpha value is -3.20. The van der Waals surface area contributed by atoms with Crippen LogP contribution in [-0.4, -0.2) is 42.8 Å².